The zero-order valence-electron chi connectivity index (χ0n) is 10.0. The van der Waals surface area contributed by atoms with Crippen LogP contribution in [0.1, 0.15) is 18.5 Å². The summed E-state index contributed by atoms with van der Waals surface area (Å²) in [6, 6.07) is 5.97. The van der Waals surface area contributed by atoms with E-state index < -0.39 is 23.0 Å². The molecule has 0 spiro atoms. The van der Waals surface area contributed by atoms with Gasteiger partial charge in [-0.2, -0.15) is 13.2 Å². The fourth-order valence-corrected chi connectivity index (χ4v) is 2.16. The van der Waals surface area contributed by atoms with Gasteiger partial charge in [-0.15, -0.1) is 0 Å². The smallest absolute Gasteiger partial charge is 0.302 e. The van der Waals surface area contributed by atoms with Gasteiger partial charge in [-0.3, -0.25) is 4.21 Å². The molecule has 0 saturated carbocycles. The third-order valence-corrected chi connectivity index (χ3v) is 3.76. The van der Waals surface area contributed by atoms with Gasteiger partial charge < -0.3 is 5.32 Å². The summed E-state index contributed by atoms with van der Waals surface area (Å²) in [5.41, 5.74) is 0.173. The second-order valence-electron chi connectivity index (χ2n) is 3.77. The largest absolute Gasteiger partial charge is 0.407 e. The first-order chi connectivity index (χ1) is 8.45. The zero-order chi connectivity index (χ0) is 13.6. The van der Waals surface area contributed by atoms with Crippen LogP contribution in [-0.2, 0) is 10.8 Å². The lowest BCUT2D eigenvalue weighted by Crippen LogP contribution is -2.36. The Morgan fingerprint density at radius 3 is 2.39 bits per heavy atom. The molecule has 1 N–H and O–H groups in total. The highest BCUT2D eigenvalue weighted by Crippen LogP contribution is 2.32. The fourth-order valence-electron chi connectivity index (χ4n) is 1.53. The summed E-state index contributed by atoms with van der Waals surface area (Å²) in [6.07, 6.45) is -4.35. The molecule has 6 heteroatoms. The Balaban J connectivity index is 2.67. The first-order valence-corrected chi connectivity index (χ1v) is 7.14. The molecule has 0 aromatic heterocycles. The monoisotopic (exact) mass is 279 g/mol. The van der Waals surface area contributed by atoms with Crippen LogP contribution < -0.4 is 5.32 Å². The molecule has 1 rings (SSSR count). The van der Waals surface area contributed by atoms with E-state index in [1.54, 1.807) is 25.1 Å². The maximum absolute atomic E-state index is 12.9. The van der Waals surface area contributed by atoms with E-state index in [9.17, 15) is 17.4 Å². The van der Waals surface area contributed by atoms with E-state index in [1.807, 2.05) is 0 Å². The van der Waals surface area contributed by atoms with Gasteiger partial charge in [0.15, 0.2) is 0 Å². The maximum Gasteiger partial charge on any atom is 0.407 e. The Hall–Kier alpha value is -0.880. The van der Waals surface area contributed by atoms with Crippen molar-refractivity contribution < 1.29 is 17.4 Å². The van der Waals surface area contributed by atoms with Gasteiger partial charge in [-0.25, -0.2) is 0 Å². The van der Waals surface area contributed by atoms with E-state index in [2.05, 4.69) is 5.32 Å². The van der Waals surface area contributed by atoms with E-state index in [0.717, 1.165) is 0 Å². The van der Waals surface area contributed by atoms with Crippen molar-refractivity contribution in [1.29, 1.82) is 0 Å². The molecule has 18 heavy (non-hydrogen) atoms. The highest BCUT2D eigenvalue weighted by Gasteiger charge is 2.40. The van der Waals surface area contributed by atoms with Crippen LogP contribution in [-0.4, -0.2) is 28.4 Å². The molecule has 2 nitrogen and oxygen atoms in total. The van der Waals surface area contributed by atoms with Crippen molar-refractivity contribution in [3.8, 4) is 0 Å². The Labute approximate surface area is 107 Å². The minimum absolute atomic E-state index is 0.0829. The first kappa shape index (κ1) is 15.2. The van der Waals surface area contributed by atoms with Gasteiger partial charge in [-0.05, 0) is 5.56 Å². The van der Waals surface area contributed by atoms with Crippen LogP contribution >= 0.6 is 0 Å². The number of hydrogen-bond donors (Lipinski definition) is 1. The third kappa shape index (κ3) is 4.78. The van der Waals surface area contributed by atoms with Gasteiger partial charge in [0.25, 0.3) is 0 Å². The number of nitrogens with one attached hydrogen (secondary N) is 1. The Morgan fingerprint density at radius 1 is 1.28 bits per heavy atom. The van der Waals surface area contributed by atoms with Crippen molar-refractivity contribution in [2.24, 2.45) is 0 Å². The van der Waals surface area contributed by atoms with Crippen molar-refractivity contribution in [2.45, 2.75) is 19.1 Å². The predicted octanol–water partition coefficient (Wildman–Crippen LogP) is 2.65. The Bertz CT molecular complexity index is 381. The van der Waals surface area contributed by atoms with E-state index in [-0.39, 0.29) is 17.9 Å². The van der Waals surface area contributed by atoms with Crippen molar-refractivity contribution in [1.82, 2.24) is 5.32 Å². The van der Waals surface area contributed by atoms with Crippen LogP contribution in [0.2, 0.25) is 0 Å². The minimum Gasteiger partial charge on any atom is -0.302 e. The number of hydrogen-bond acceptors (Lipinski definition) is 2. The maximum atomic E-state index is 12.9. The number of benzene rings is 1. The molecule has 2 atom stereocenters. The molecule has 0 amide bonds. The molecular formula is C12H16F3NOS. The van der Waals surface area contributed by atoms with Crippen molar-refractivity contribution in [2.75, 3.05) is 18.1 Å². The van der Waals surface area contributed by atoms with Gasteiger partial charge in [0.1, 0.15) is 6.04 Å². The van der Waals surface area contributed by atoms with Crippen LogP contribution in [0, 0.1) is 0 Å². The van der Waals surface area contributed by atoms with E-state index >= 15 is 0 Å². The zero-order valence-corrected chi connectivity index (χ0v) is 10.9. The molecule has 0 aliphatic heterocycles. The summed E-state index contributed by atoms with van der Waals surface area (Å²) >= 11 is 0. The molecule has 0 saturated heterocycles. The van der Waals surface area contributed by atoms with Gasteiger partial charge in [0.2, 0.25) is 0 Å². The van der Waals surface area contributed by atoms with Crippen LogP contribution in [0.4, 0.5) is 13.2 Å². The molecule has 0 radical (unpaired) electrons. The lowest BCUT2D eigenvalue weighted by molar-refractivity contribution is -0.157. The summed E-state index contributed by atoms with van der Waals surface area (Å²) in [6.45, 7) is 1.83. The van der Waals surface area contributed by atoms with Gasteiger partial charge in [-0.1, -0.05) is 37.3 Å². The standard InChI is InChI=1S/C12H16F3NOS/c1-2-18(17)9-8-16-11(12(13,14)15)10-6-4-3-5-7-10/h3-7,11,16H,2,8-9H2,1H3. The quantitative estimate of drug-likeness (QED) is 0.867. The molecule has 0 aliphatic rings. The summed E-state index contributed by atoms with van der Waals surface area (Å²) in [5, 5.41) is 2.42. The highest BCUT2D eigenvalue weighted by molar-refractivity contribution is 7.84. The molecule has 2 unspecified atom stereocenters. The second kappa shape index (κ2) is 6.89. The number of rotatable bonds is 6. The Morgan fingerprint density at radius 2 is 1.89 bits per heavy atom. The second-order valence-corrected chi connectivity index (χ2v) is 5.64. The summed E-state index contributed by atoms with van der Waals surface area (Å²) < 4.78 is 49.8. The molecule has 1 aromatic carbocycles. The van der Waals surface area contributed by atoms with Crippen molar-refractivity contribution >= 4 is 10.8 Å². The molecule has 102 valence electrons. The molecule has 1 aromatic rings. The summed E-state index contributed by atoms with van der Waals surface area (Å²) in [4.78, 5) is 0. The van der Waals surface area contributed by atoms with E-state index in [0.29, 0.717) is 5.75 Å². The van der Waals surface area contributed by atoms with Gasteiger partial charge >= 0.3 is 6.18 Å². The van der Waals surface area contributed by atoms with Crippen molar-refractivity contribution in [3.05, 3.63) is 35.9 Å². The predicted molar refractivity (Wildman–Crippen MR) is 66.8 cm³/mol. The SMILES string of the molecule is CCS(=O)CCNC(c1ccccc1)C(F)(F)F. The Kier molecular flexibility index (Phi) is 5.81. The lowest BCUT2D eigenvalue weighted by Gasteiger charge is -2.22. The highest BCUT2D eigenvalue weighted by atomic mass is 32.2. The summed E-state index contributed by atoms with van der Waals surface area (Å²) in [5.74, 6) is 0.694. The topological polar surface area (TPSA) is 29.1 Å². The van der Waals surface area contributed by atoms with Crippen molar-refractivity contribution in [3.63, 3.8) is 0 Å². The summed E-state index contributed by atoms with van der Waals surface area (Å²) in [7, 11) is -1.06. The van der Waals surface area contributed by atoms with E-state index in [1.165, 1.54) is 12.1 Å². The first-order valence-electron chi connectivity index (χ1n) is 5.65. The molecule has 0 aliphatic carbocycles. The third-order valence-electron chi connectivity index (χ3n) is 2.46. The van der Waals surface area contributed by atoms with Crippen LogP contribution in [0.25, 0.3) is 0 Å². The van der Waals surface area contributed by atoms with Crippen LogP contribution in [0.15, 0.2) is 30.3 Å². The average Bonchev–Trinajstić information content (AvgIpc) is 2.33. The minimum atomic E-state index is -4.35. The van der Waals surface area contributed by atoms with Crippen LogP contribution in [0.5, 0.6) is 0 Å². The van der Waals surface area contributed by atoms with Gasteiger partial charge in [0.05, 0.1) is 0 Å². The van der Waals surface area contributed by atoms with Crippen LogP contribution in [0.3, 0.4) is 0 Å². The lowest BCUT2D eigenvalue weighted by atomic mass is 10.1. The van der Waals surface area contributed by atoms with Gasteiger partial charge in [0, 0.05) is 28.9 Å². The number of alkyl halides is 3. The molecular weight excluding hydrogens is 263 g/mol. The fraction of sp³-hybridized carbons (Fsp3) is 0.500. The average molecular weight is 279 g/mol. The normalized spacial score (nSPS) is 15.3. The molecule has 0 fully saturated rings. The van der Waals surface area contributed by atoms with E-state index in [4.69, 9.17) is 0 Å². The number of halogens is 3. The molecule has 0 heterocycles. The molecule has 0 bridgehead atoms.